The Balaban J connectivity index is 2.60. The van der Waals surface area contributed by atoms with Gasteiger partial charge in [0.2, 0.25) is 0 Å². The van der Waals surface area contributed by atoms with Crippen LogP contribution in [0.2, 0.25) is 5.15 Å². The van der Waals surface area contributed by atoms with Crippen LogP contribution in [0.5, 0.6) is 5.75 Å². The lowest BCUT2D eigenvalue weighted by atomic mass is 9.99. The van der Waals surface area contributed by atoms with Crippen molar-refractivity contribution in [2.75, 3.05) is 6.61 Å². The number of carboxylic acid groups (broad SMARTS) is 1. The molecule has 8 heteroatoms. The average Bonchev–Trinajstić information content (AvgIpc) is 2.46. The predicted octanol–water partition coefficient (Wildman–Crippen LogP) is 4.19. The van der Waals surface area contributed by atoms with E-state index in [9.17, 15) is 18.0 Å². The summed E-state index contributed by atoms with van der Waals surface area (Å²) < 4.78 is 43.9. The van der Waals surface area contributed by atoms with E-state index in [4.69, 9.17) is 21.4 Å². The monoisotopic (exact) mass is 345 g/mol. The molecule has 1 aromatic carbocycles. The number of carbonyl (C=O) groups is 1. The average molecular weight is 346 g/mol. The van der Waals surface area contributed by atoms with Crippen LogP contribution in [-0.4, -0.2) is 22.7 Å². The Morgan fingerprint density at radius 1 is 1.30 bits per heavy atom. The van der Waals surface area contributed by atoms with Crippen molar-refractivity contribution in [1.82, 2.24) is 4.98 Å². The summed E-state index contributed by atoms with van der Waals surface area (Å²) in [4.78, 5) is 14.5. The number of halogens is 4. The number of pyridine rings is 1. The third kappa shape index (κ3) is 4.13. The Morgan fingerprint density at radius 3 is 2.61 bits per heavy atom. The van der Waals surface area contributed by atoms with Crippen LogP contribution in [0.4, 0.5) is 13.2 Å². The normalized spacial score (nSPS) is 11.3. The molecular formula is C15H11ClF3NO3. The first-order chi connectivity index (χ1) is 10.7. The van der Waals surface area contributed by atoms with Crippen molar-refractivity contribution in [1.29, 1.82) is 0 Å². The lowest BCUT2D eigenvalue weighted by Crippen LogP contribution is -2.11. The van der Waals surface area contributed by atoms with Gasteiger partial charge in [0.15, 0.2) is 6.61 Å². The zero-order chi connectivity index (χ0) is 17.2. The Labute approximate surface area is 134 Å². The minimum absolute atomic E-state index is 0.0192. The highest BCUT2D eigenvalue weighted by atomic mass is 35.5. The van der Waals surface area contributed by atoms with Gasteiger partial charge < -0.3 is 9.84 Å². The van der Waals surface area contributed by atoms with Crippen LogP contribution < -0.4 is 4.74 Å². The first kappa shape index (κ1) is 17.1. The van der Waals surface area contributed by atoms with Crippen LogP contribution in [0, 0.1) is 6.92 Å². The van der Waals surface area contributed by atoms with Crippen molar-refractivity contribution in [3.05, 3.63) is 46.7 Å². The zero-order valence-corrected chi connectivity index (χ0v) is 12.6. The first-order valence-electron chi connectivity index (χ1n) is 6.37. The van der Waals surface area contributed by atoms with Gasteiger partial charge in [-0.15, -0.1) is 0 Å². The molecule has 0 unspecified atom stereocenters. The molecule has 122 valence electrons. The Morgan fingerprint density at radius 2 is 2.00 bits per heavy atom. The fourth-order valence-electron chi connectivity index (χ4n) is 1.97. The van der Waals surface area contributed by atoms with Gasteiger partial charge >= 0.3 is 12.1 Å². The van der Waals surface area contributed by atoms with Gasteiger partial charge in [0, 0.05) is 11.8 Å². The molecule has 1 heterocycles. The molecule has 23 heavy (non-hydrogen) atoms. The number of benzene rings is 1. The largest absolute Gasteiger partial charge is 0.481 e. The summed E-state index contributed by atoms with van der Waals surface area (Å²) in [5.41, 5.74) is 0.191. The molecule has 0 fully saturated rings. The molecule has 0 aliphatic heterocycles. The van der Waals surface area contributed by atoms with Crippen molar-refractivity contribution >= 4 is 17.6 Å². The van der Waals surface area contributed by atoms with E-state index in [1.807, 2.05) is 0 Å². The van der Waals surface area contributed by atoms with Crippen molar-refractivity contribution in [3.63, 3.8) is 0 Å². The summed E-state index contributed by atoms with van der Waals surface area (Å²) in [6.45, 7) is 0.982. The van der Waals surface area contributed by atoms with E-state index in [0.29, 0.717) is 11.1 Å². The van der Waals surface area contributed by atoms with E-state index in [-0.39, 0.29) is 16.5 Å². The molecule has 1 aromatic heterocycles. The Bertz CT molecular complexity index is 747. The minimum Gasteiger partial charge on any atom is -0.481 e. The number of aryl methyl sites for hydroxylation is 1. The van der Waals surface area contributed by atoms with Crippen molar-refractivity contribution in [3.8, 4) is 16.9 Å². The third-order valence-electron chi connectivity index (χ3n) is 3.02. The second-order valence-corrected chi connectivity index (χ2v) is 5.10. The lowest BCUT2D eigenvalue weighted by molar-refractivity contribution is -0.140. The quantitative estimate of drug-likeness (QED) is 0.844. The summed E-state index contributed by atoms with van der Waals surface area (Å²) in [6.07, 6.45) is -3.12. The topological polar surface area (TPSA) is 59.4 Å². The van der Waals surface area contributed by atoms with Gasteiger partial charge in [-0.05, 0) is 42.3 Å². The SMILES string of the molecule is Cc1cnc(Cl)cc1-c1cc(C(F)(F)F)ccc1OCC(=O)O. The molecule has 0 radical (unpaired) electrons. The summed E-state index contributed by atoms with van der Waals surface area (Å²) in [6, 6.07) is 4.23. The van der Waals surface area contributed by atoms with Crippen molar-refractivity contribution in [2.45, 2.75) is 13.1 Å². The number of aliphatic carboxylic acids is 1. The third-order valence-corrected chi connectivity index (χ3v) is 3.22. The lowest BCUT2D eigenvalue weighted by Gasteiger charge is -2.15. The Kier molecular flexibility index (Phi) is 4.79. The van der Waals surface area contributed by atoms with E-state index < -0.39 is 24.3 Å². The van der Waals surface area contributed by atoms with Crippen LogP contribution in [0.1, 0.15) is 11.1 Å². The van der Waals surface area contributed by atoms with Gasteiger partial charge in [-0.2, -0.15) is 13.2 Å². The molecule has 0 spiro atoms. The summed E-state index contributed by atoms with van der Waals surface area (Å²) in [5.74, 6) is -1.22. The molecule has 2 rings (SSSR count). The number of alkyl halides is 3. The molecule has 2 aromatic rings. The molecule has 0 saturated carbocycles. The van der Waals surface area contributed by atoms with Gasteiger partial charge in [-0.1, -0.05) is 11.6 Å². The molecule has 0 atom stereocenters. The van der Waals surface area contributed by atoms with Crippen LogP contribution in [-0.2, 0) is 11.0 Å². The fourth-order valence-corrected chi connectivity index (χ4v) is 2.13. The number of carboxylic acids is 1. The molecular weight excluding hydrogens is 335 g/mol. The molecule has 0 bridgehead atoms. The fraction of sp³-hybridized carbons (Fsp3) is 0.200. The van der Waals surface area contributed by atoms with E-state index in [1.54, 1.807) is 6.92 Å². The maximum atomic E-state index is 12.9. The highest BCUT2D eigenvalue weighted by Gasteiger charge is 2.31. The molecule has 0 amide bonds. The molecule has 4 nitrogen and oxygen atoms in total. The number of hydrogen-bond donors (Lipinski definition) is 1. The van der Waals surface area contributed by atoms with Gasteiger partial charge in [-0.25, -0.2) is 9.78 Å². The number of aromatic nitrogens is 1. The summed E-state index contributed by atoms with van der Waals surface area (Å²) in [7, 11) is 0. The van der Waals surface area contributed by atoms with Gasteiger partial charge in [0.1, 0.15) is 10.9 Å². The van der Waals surface area contributed by atoms with E-state index in [1.165, 1.54) is 12.3 Å². The van der Waals surface area contributed by atoms with Crippen LogP contribution >= 0.6 is 11.6 Å². The molecule has 0 aliphatic rings. The van der Waals surface area contributed by atoms with E-state index >= 15 is 0 Å². The number of hydrogen-bond acceptors (Lipinski definition) is 3. The second-order valence-electron chi connectivity index (χ2n) is 4.71. The molecule has 1 N–H and O–H groups in total. The summed E-state index contributed by atoms with van der Waals surface area (Å²) in [5, 5.41) is 8.79. The highest BCUT2D eigenvalue weighted by Crippen LogP contribution is 2.38. The number of rotatable bonds is 4. The van der Waals surface area contributed by atoms with Crippen LogP contribution in [0.15, 0.2) is 30.5 Å². The first-order valence-corrected chi connectivity index (χ1v) is 6.74. The van der Waals surface area contributed by atoms with E-state index in [2.05, 4.69) is 4.98 Å². The van der Waals surface area contributed by atoms with Gasteiger partial charge in [0.05, 0.1) is 5.56 Å². The van der Waals surface area contributed by atoms with E-state index in [0.717, 1.165) is 18.2 Å². The maximum absolute atomic E-state index is 12.9. The number of nitrogens with zero attached hydrogens (tertiary/aromatic N) is 1. The van der Waals surface area contributed by atoms with Crippen molar-refractivity contribution < 1.29 is 27.8 Å². The molecule has 0 saturated heterocycles. The van der Waals surface area contributed by atoms with Crippen LogP contribution in [0.25, 0.3) is 11.1 Å². The standard InChI is InChI=1S/C15H11ClF3NO3/c1-8-6-20-13(16)5-10(8)11-4-9(15(17,18)19)2-3-12(11)23-7-14(21)22/h2-6H,7H2,1H3,(H,21,22). The molecule has 0 aliphatic carbocycles. The zero-order valence-electron chi connectivity index (χ0n) is 11.8. The maximum Gasteiger partial charge on any atom is 0.416 e. The predicted molar refractivity (Wildman–Crippen MR) is 77.6 cm³/mol. The smallest absolute Gasteiger partial charge is 0.416 e. The van der Waals surface area contributed by atoms with Crippen molar-refractivity contribution in [2.24, 2.45) is 0 Å². The summed E-state index contributed by atoms with van der Waals surface area (Å²) >= 11 is 5.81. The van der Waals surface area contributed by atoms with Gasteiger partial charge in [-0.3, -0.25) is 0 Å². The van der Waals surface area contributed by atoms with Crippen LogP contribution in [0.3, 0.4) is 0 Å². The Hall–Kier alpha value is -2.28. The highest BCUT2D eigenvalue weighted by molar-refractivity contribution is 6.29. The second kappa shape index (κ2) is 6.45. The minimum atomic E-state index is -4.54. The number of ether oxygens (including phenoxy) is 1. The van der Waals surface area contributed by atoms with Gasteiger partial charge in [0.25, 0.3) is 0 Å².